The third-order valence-electron chi connectivity index (χ3n) is 2.46. The highest BCUT2D eigenvalue weighted by atomic mass is 16.5. The Morgan fingerprint density at radius 2 is 2.24 bits per heavy atom. The lowest BCUT2D eigenvalue weighted by molar-refractivity contribution is 0.417. The molecule has 0 bridgehead atoms. The summed E-state index contributed by atoms with van der Waals surface area (Å²) in [6.45, 7) is 2.87. The lowest BCUT2D eigenvalue weighted by Gasteiger charge is -2.07. The number of ether oxygens (including phenoxy) is 1. The zero-order valence-corrected chi connectivity index (χ0v) is 9.92. The van der Waals surface area contributed by atoms with Crippen molar-refractivity contribution in [3.63, 3.8) is 0 Å². The summed E-state index contributed by atoms with van der Waals surface area (Å²) in [6, 6.07) is 5.52. The minimum absolute atomic E-state index is 0.603. The second-order valence-corrected chi connectivity index (χ2v) is 3.68. The van der Waals surface area contributed by atoms with Gasteiger partial charge in [0.15, 0.2) is 5.82 Å². The van der Waals surface area contributed by atoms with Crippen LogP contribution in [-0.2, 0) is 6.54 Å². The number of nitrogens with two attached hydrogens (primary N) is 1. The van der Waals surface area contributed by atoms with Gasteiger partial charge >= 0.3 is 0 Å². The molecule has 0 unspecified atom stereocenters. The van der Waals surface area contributed by atoms with Gasteiger partial charge in [-0.2, -0.15) is 0 Å². The molecule has 2 rings (SSSR count). The van der Waals surface area contributed by atoms with Gasteiger partial charge in [-0.05, 0) is 35.0 Å². The molecular formula is C11H15N5O. The van der Waals surface area contributed by atoms with Crippen molar-refractivity contribution in [2.75, 3.05) is 12.8 Å². The first-order valence-electron chi connectivity index (χ1n) is 5.46. The van der Waals surface area contributed by atoms with Gasteiger partial charge < -0.3 is 10.5 Å². The van der Waals surface area contributed by atoms with Crippen LogP contribution >= 0.6 is 0 Å². The predicted octanol–water partition coefficient (Wildman–Crippen LogP) is 1.34. The maximum atomic E-state index is 5.77. The van der Waals surface area contributed by atoms with Crippen LogP contribution in [-0.4, -0.2) is 27.3 Å². The summed E-state index contributed by atoms with van der Waals surface area (Å²) in [4.78, 5) is 0. The maximum Gasteiger partial charge on any atom is 0.182 e. The zero-order valence-electron chi connectivity index (χ0n) is 9.92. The Balaban J connectivity index is 2.42. The molecule has 2 N–H and O–H groups in total. The summed E-state index contributed by atoms with van der Waals surface area (Å²) in [5.74, 6) is 1.36. The van der Waals surface area contributed by atoms with Crippen molar-refractivity contribution in [3.8, 4) is 17.1 Å². The number of aryl methyl sites for hydroxylation is 1. The van der Waals surface area contributed by atoms with Crippen molar-refractivity contribution >= 4 is 5.69 Å². The minimum atomic E-state index is 0.603. The average Bonchev–Trinajstić information content (AvgIpc) is 2.78. The van der Waals surface area contributed by atoms with Crippen molar-refractivity contribution in [1.29, 1.82) is 0 Å². The Morgan fingerprint density at radius 3 is 2.94 bits per heavy atom. The van der Waals surface area contributed by atoms with Crippen LogP contribution in [0.25, 0.3) is 11.4 Å². The normalized spacial score (nSPS) is 10.5. The van der Waals surface area contributed by atoms with Gasteiger partial charge in [-0.25, -0.2) is 4.68 Å². The number of hydrogen-bond acceptors (Lipinski definition) is 5. The third kappa shape index (κ3) is 2.20. The fourth-order valence-corrected chi connectivity index (χ4v) is 1.62. The molecule has 90 valence electrons. The summed E-state index contributed by atoms with van der Waals surface area (Å²) in [5.41, 5.74) is 7.27. The van der Waals surface area contributed by atoms with Gasteiger partial charge in [-0.15, -0.1) is 5.10 Å². The van der Waals surface area contributed by atoms with E-state index >= 15 is 0 Å². The molecule has 0 aliphatic heterocycles. The number of tetrazole rings is 1. The first-order valence-corrected chi connectivity index (χ1v) is 5.46. The van der Waals surface area contributed by atoms with Crippen LogP contribution in [0.2, 0.25) is 0 Å². The van der Waals surface area contributed by atoms with E-state index in [2.05, 4.69) is 22.4 Å². The van der Waals surface area contributed by atoms with Crippen molar-refractivity contribution in [1.82, 2.24) is 20.2 Å². The molecule has 1 aromatic heterocycles. The Labute approximate surface area is 99.4 Å². The van der Waals surface area contributed by atoms with E-state index in [9.17, 15) is 0 Å². The van der Waals surface area contributed by atoms with Crippen molar-refractivity contribution in [3.05, 3.63) is 18.2 Å². The summed E-state index contributed by atoms with van der Waals surface area (Å²) in [6.07, 6.45) is 0.976. The van der Waals surface area contributed by atoms with Gasteiger partial charge in [0.2, 0.25) is 0 Å². The third-order valence-corrected chi connectivity index (χ3v) is 2.46. The van der Waals surface area contributed by atoms with Gasteiger partial charge in [-0.3, -0.25) is 0 Å². The maximum absolute atomic E-state index is 5.77. The number of rotatable bonds is 4. The highest BCUT2D eigenvalue weighted by Crippen LogP contribution is 2.27. The van der Waals surface area contributed by atoms with Crippen LogP contribution < -0.4 is 10.5 Å². The summed E-state index contributed by atoms with van der Waals surface area (Å²) in [7, 11) is 1.59. The number of benzene rings is 1. The first kappa shape index (κ1) is 11.4. The Bertz CT molecular complexity index is 508. The van der Waals surface area contributed by atoms with Crippen LogP contribution in [0.1, 0.15) is 13.3 Å². The molecule has 1 aromatic carbocycles. The lowest BCUT2D eigenvalue weighted by atomic mass is 10.2. The molecule has 0 aliphatic rings. The van der Waals surface area contributed by atoms with Crippen LogP contribution in [0, 0.1) is 0 Å². The minimum Gasteiger partial charge on any atom is -0.495 e. The summed E-state index contributed by atoms with van der Waals surface area (Å²) < 4.78 is 6.95. The van der Waals surface area contributed by atoms with Crippen molar-refractivity contribution in [2.24, 2.45) is 0 Å². The van der Waals surface area contributed by atoms with E-state index in [4.69, 9.17) is 10.5 Å². The molecule has 6 heteroatoms. The van der Waals surface area contributed by atoms with Gasteiger partial charge in [0.25, 0.3) is 0 Å². The fourth-order valence-electron chi connectivity index (χ4n) is 1.62. The second kappa shape index (κ2) is 4.82. The SMILES string of the molecule is CCCn1nnnc1-c1ccc(N)c(OC)c1. The van der Waals surface area contributed by atoms with Gasteiger partial charge in [0.1, 0.15) is 5.75 Å². The Kier molecular flexibility index (Phi) is 3.22. The Morgan fingerprint density at radius 1 is 1.41 bits per heavy atom. The van der Waals surface area contributed by atoms with Gasteiger partial charge in [0, 0.05) is 12.1 Å². The molecular weight excluding hydrogens is 218 g/mol. The first-order chi connectivity index (χ1) is 8.26. The molecule has 0 spiro atoms. The number of aromatic nitrogens is 4. The van der Waals surface area contributed by atoms with E-state index in [-0.39, 0.29) is 0 Å². The summed E-state index contributed by atoms with van der Waals surface area (Å²) in [5, 5.41) is 11.6. The van der Waals surface area contributed by atoms with Gasteiger partial charge in [0.05, 0.1) is 12.8 Å². The lowest BCUT2D eigenvalue weighted by Crippen LogP contribution is -2.02. The molecule has 0 atom stereocenters. The Hall–Kier alpha value is -2.11. The van der Waals surface area contributed by atoms with E-state index < -0.39 is 0 Å². The molecule has 0 amide bonds. The molecule has 0 radical (unpaired) electrons. The van der Waals surface area contributed by atoms with E-state index in [0.29, 0.717) is 11.4 Å². The number of hydrogen-bond donors (Lipinski definition) is 1. The zero-order chi connectivity index (χ0) is 12.3. The van der Waals surface area contributed by atoms with Crippen molar-refractivity contribution < 1.29 is 4.74 Å². The summed E-state index contributed by atoms with van der Waals surface area (Å²) >= 11 is 0. The average molecular weight is 233 g/mol. The monoisotopic (exact) mass is 233 g/mol. The molecule has 0 saturated carbocycles. The number of nitrogens with zero attached hydrogens (tertiary/aromatic N) is 4. The molecule has 17 heavy (non-hydrogen) atoms. The highest BCUT2D eigenvalue weighted by molar-refractivity contribution is 5.65. The molecule has 0 fully saturated rings. The quantitative estimate of drug-likeness (QED) is 0.806. The van der Waals surface area contributed by atoms with E-state index in [1.807, 2.05) is 12.1 Å². The number of methoxy groups -OCH3 is 1. The number of nitrogen functional groups attached to an aromatic ring is 1. The number of anilines is 1. The van der Waals surface area contributed by atoms with E-state index in [1.165, 1.54) is 0 Å². The van der Waals surface area contributed by atoms with Crippen LogP contribution in [0.5, 0.6) is 5.75 Å². The van der Waals surface area contributed by atoms with Gasteiger partial charge in [-0.1, -0.05) is 6.92 Å². The molecule has 1 heterocycles. The molecule has 2 aromatic rings. The molecule has 0 aliphatic carbocycles. The smallest absolute Gasteiger partial charge is 0.182 e. The van der Waals surface area contributed by atoms with Crippen molar-refractivity contribution in [2.45, 2.75) is 19.9 Å². The molecule has 6 nitrogen and oxygen atoms in total. The highest BCUT2D eigenvalue weighted by Gasteiger charge is 2.10. The second-order valence-electron chi connectivity index (χ2n) is 3.68. The van der Waals surface area contributed by atoms with Crippen LogP contribution in [0.4, 0.5) is 5.69 Å². The standard InChI is InChI=1S/C11H15N5O/c1-3-6-16-11(13-14-15-16)8-4-5-9(12)10(7-8)17-2/h4-5,7H,3,6,12H2,1-2H3. The molecule has 0 saturated heterocycles. The van der Waals surface area contributed by atoms with E-state index in [1.54, 1.807) is 17.9 Å². The fraction of sp³-hybridized carbons (Fsp3) is 0.364. The predicted molar refractivity (Wildman–Crippen MR) is 64.5 cm³/mol. The topological polar surface area (TPSA) is 78.9 Å². The van der Waals surface area contributed by atoms with Crippen LogP contribution in [0.15, 0.2) is 18.2 Å². The van der Waals surface area contributed by atoms with E-state index in [0.717, 1.165) is 24.4 Å². The largest absolute Gasteiger partial charge is 0.495 e. The van der Waals surface area contributed by atoms with Crippen LogP contribution in [0.3, 0.4) is 0 Å².